The summed E-state index contributed by atoms with van der Waals surface area (Å²) < 4.78 is 33.0. The topological polar surface area (TPSA) is 80.3 Å². The maximum Gasteiger partial charge on any atom is 0.244 e. The lowest BCUT2D eigenvalue weighted by molar-refractivity contribution is 0.0200. The van der Waals surface area contributed by atoms with E-state index in [1.54, 1.807) is 12.3 Å². The van der Waals surface area contributed by atoms with Gasteiger partial charge in [-0.15, -0.1) is 0 Å². The first kappa shape index (κ1) is 16.2. The highest BCUT2D eigenvalue weighted by Crippen LogP contribution is 2.20. The molecule has 6 nitrogen and oxygen atoms in total. The molecule has 0 aromatic carbocycles. The van der Waals surface area contributed by atoms with Gasteiger partial charge >= 0.3 is 0 Å². The van der Waals surface area contributed by atoms with Crippen LogP contribution in [-0.2, 0) is 14.8 Å². The smallest absolute Gasteiger partial charge is 0.244 e. The molecule has 1 aliphatic heterocycles. The summed E-state index contributed by atoms with van der Waals surface area (Å²) in [5, 5.41) is 3.12. The van der Waals surface area contributed by atoms with Crippen molar-refractivity contribution in [2.75, 3.05) is 25.0 Å². The maximum absolute atomic E-state index is 12.4. The first-order valence-electron chi connectivity index (χ1n) is 7.42. The lowest BCUT2D eigenvalue weighted by Gasteiger charge is -2.23. The van der Waals surface area contributed by atoms with E-state index in [1.807, 2.05) is 6.92 Å². The van der Waals surface area contributed by atoms with Crippen LogP contribution in [0.5, 0.6) is 0 Å². The average molecular weight is 313 g/mol. The Morgan fingerprint density at radius 2 is 2.29 bits per heavy atom. The third-order valence-electron chi connectivity index (χ3n) is 3.41. The van der Waals surface area contributed by atoms with Gasteiger partial charge in [0.2, 0.25) is 10.0 Å². The van der Waals surface area contributed by atoms with Crippen LogP contribution in [0.25, 0.3) is 0 Å². The number of anilines is 1. The Kier molecular flexibility index (Phi) is 5.96. The van der Waals surface area contributed by atoms with Crippen molar-refractivity contribution in [3.8, 4) is 0 Å². The van der Waals surface area contributed by atoms with Crippen LogP contribution in [-0.4, -0.2) is 39.2 Å². The van der Waals surface area contributed by atoms with Gasteiger partial charge in [0, 0.05) is 32.1 Å². The summed E-state index contributed by atoms with van der Waals surface area (Å²) in [5.41, 5.74) is 0.587. The van der Waals surface area contributed by atoms with E-state index in [-0.39, 0.29) is 11.0 Å². The van der Waals surface area contributed by atoms with E-state index in [0.717, 1.165) is 32.2 Å². The second-order valence-electron chi connectivity index (χ2n) is 5.14. The SMILES string of the molecule is CCCNc1ccncc1S(=O)(=O)NCC1CCCCO1. The largest absolute Gasteiger partial charge is 0.384 e. The normalized spacial score (nSPS) is 19.4. The summed E-state index contributed by atoms with van der Waals surface area (Å²) in [5.74, 6) is 0. The number of pyridine rings is 1. The van der Waals surface area contributed by atoms with Crippen molar-refractivity contribution < 1.29 is 13.2 Å². The van der Waals surface area contributed by atoms with Crippen molar-refractivity contribution in [3.63, 3.8) is 0 Å². The van der Waals surface area contributed by atoms with Crippen LogP contribution >= 0.6 is 0 Å². The summed E-state index contributed by atoms with van der Waals surface area (Å²) in [6.07, 6.45) is 6.89. The van der Waals surface area contributed by atoms with Crippen molar-refractivity contribution >= 4 is 15.7 Å². The molecule has 1 aromatic rings. The summed E-state index contributed by atoms with van der Waals surface area (Å²) >= 11 is 0. The van der Waals surface area contributed by atoms with Gasteiger partial charge in [-0.25, -0.2) is 13.1 Å². The van der Waals surface area contributed by atoms with Gasteiger partial charge in [-0.1, -0.05) is 6.92 Å². The Morgan fingerprint density at radius 1 is 1.43 bits per heavy atom. The average Bonchev–Trinajstić information content (AvgIpc) is 2.52. The molecule has 0 aliphatic carbocycles. The first-order chi connectivity index (χ1) is 10.1. The molecule has 0 spiro atoms. The summed E-state index contributed by atoms with van der Waals surface area (Å²) in [6, 6.07) is 1.68. The molecule has 1 unspecified atom stereocenters. The standard InChI is InChI=1S/C14H23N3O3S/c1-2-7-16-13-6-8-15-11-14(13)21(18,19)17-10-12-5-3-4-9-20-12/h6,8,11-12,17H,2-5,7,9-10H2,1H3,(H,15,16). The molecule has 0 radical (unpaired) electrons. The Bertz CT molecular complexity index is 542. The van der Waals surface area contributed by atoms with Crippen molar-refractivity contribution in [1.82, 2.24) is 9.71 Å². The second-order valence-corrected chi connectivity index (χ2v) is 6.87. The maximum atomic E-state index is 12.4. The van der Waals surface area contributed by atoms with E-state index in [0.29, 0.717) is 18.8 Å². The lowest BCUT2D eigenvalue weighted by Crippen LogP contribution is -2.35. The zero-order valence-corrected chi connectivity index (χ0v) is 13.2. The van der Waals surface area contributed by atoms with E-state index < -0.39 is 10.0 Å². The number of aromatic nitrogens is 1. The van der Waals surface area contributed by atoms with Gasteiger partial charge < -0.3 is 10.1 Å². The predicted octanol–water partition coefficient (Wildman–Crippen LogP) is 1.75. The van der Waals surface area contributed by atoms with Crippen molar-refractivity contribution in [3.05, 3.63) is 18.5 Å². The molecule has 1 aliphatic rings. The number of nitrogens with zero attached hydrogens (tertiary/aromatic N) is 1. The van der Waals surface area contributed by atoms with Crippen LogP contribution in [0, 0.1) is 0 Å². The summed E-state index contributed by atoms with van der Waals surface area (Å²) in [7, 11) is -3.58. The van der Waals surface area contributed by atoms with Crippen LogP contribution in [0.2, 0.25) is 0 Å². The third-order valence-corrected chi connectivity index (χ3v) is 4.87. The molecule has 1 fully saturated rings. The second kappa shape index (κ2) is 7.72. The van der Waals surface area contributed by atoms with Crippen molar-refractivity contribution in [1.29, 1.82) is 0 Å². The fourth-order valence-corrected chi connectivity index (χ4v) is 3.44. The van der Waals surface area contributed by atoms with E-state index in [9.17, 15) is 8.42 Å². The minimum absolute atomic E-state index is 0.0303. The quantitative estimate of drug-likeness (QED) is 0.801. The highest BCUT2D eigenvalue weighted by Gasteiger charge is 2.21. The molecule has 1 saturated heterocycles. The number of hydrogen-bond donors (Lipinski definition) is 2. The fraction of sp³-hybridized carbons (Fsp3) is 0.643. The van der Waals surface area contributed by atoms with Gasteiger partial charge in [0.25, 0.3) is 0 Å². The number of sulfonamides is 1. The Labute approximate surface area is 126 Å². The predicted molar refractivity (Wildman–Crippen MR) is 81.8 cm³/mol. The Morgan fingerprint density at radius 3 is 3.00 bits per heavy atom. The van der Waals surface area contributed by atoms with Crippen LogP contribution in [0.15, 0.2) is 23.4 Å². The molecular weight excluding hydrogens is 290 g/mol. The monoisotopic (exact) mass is 313 g/mol. The number of nitrogens with one attached hydrogen (secondary N) is 2. The number of hydrogen-bond acceptors (Lipinski definition) is 5. The minimum atomic E-state index is -3.58. The zero-order chi connectivity index (χ0) is 15.1. The minimum Gasteiger partial charge on any atom is -0.384 e. The van der Waals surface area contributed by atoms with E-state index >= 15 is 0 Å². The summed E-state index contributed by atoms with van der Waals surface area (Å²) in [4.78, 5) is 4.11. The Hall–Kier alpha value is -1.18. The molecule has 2 rings (SSSR count). The lowest BCUT2D eigenvalue weighted by atomic mass is 10.1. The molecule has 0 bridgehead atoms. The van der Waals surface area contributed by atoms with Gasteiger partial charge in [-0.2, -0.15) is 0 Å². The fourth-order valence-electron chi connectivity index (χ4n) is 2.25. The molecule has 1 aromatic heterocycles. The van der Waals surface area contributed by atoms with Gasteiger partial charge in [0.1, 0.15) is 4.90 Å². The van der Waals surface area contributed by atoms with Crippen molar-refractivity contribution in [2.24, 2.45) is 0 Å². The highest BCUT2D eigenvalue weighted by atomic mass is 32.2. The highest BCUT2D eigenvalue weighted by molar-refractivity contribution is 7.89. The molecule has 2 heterocycles. The molecule has 1 atom stereocenters. The van der Waals surface area contributed by atoms with Gasteiger partial charge in [-0.3, -0.25) is 4.98 Å². The van der Waals surface area contributed by atoms with Gasteiger partial charge in [0.05, 0.1) is 11.8 Å². The number of rotatable bonds is 7. The number of ether oxygens (including phenoxy) is 1. The van der Waals surface area contributed by atoms with Crippen LogP contribution in [0.1, 0.15) is 32.6 Å². The molecule has 0 saturated carbocycles. The van der Waals surface area contributed by atoms with Gasteiger partial charge in [-0.05, 0) is 31.7 Å². The van der Waals surface area contributed by atoms with Gasteiger partial charge in [0.15, 0.2) is 0 Å². The third kappa shape index (κ3) is 4.66. The first-order valence-corrected chi connectivity index (χ1v) is 8.91. The molecule has 118 valence electrons. The molecule has 2 N–H and O–H groups in total. The molecule has 7 heteroatoms. The van der Waals surface area contributed by atoms with Crippen LogP contribution in [0.4, 0.5) is 5.69 Å². The van der Waals surface area contributed by atoms with E-state index in [1.165, 1.54) is 6.20 Å². The van der Waals surface area contributed by atoms with Crippen molar-refractivity contribution in [2.45, 2.75) is 43.6 Å². The summed E-state index contributed by atoms with van der Waals surface area (Å²) in [6.45, 7) is 3.77. The zero-order valence-electron chi connectivity index (χ0n) is 12.3. The van der Waals surface area contributed by atoms with Crippen LogP contribution in [0.3, 0.4) is 0 Å². The molecular formula is C14H23N3O3S. The Balaban J connectivity index is 2.04. The van der Waals surface area contributed by atoms with Crippen LogP contribution < -0.4 is 10.0 Å². The van der Waals surface area contributed by atoms with E-state index in [2.05, 4.69) is 15.0 Å². The van der Waals surface area contributed by atoms with E-state index in [4.69, 9.17) is 4.74 Å². The molecule has 21 heavy (non-hydrogen) atoms. The molecule has 0 amide bonds.